The van der Waals surface area contributed by atoms with Gasteiger partial charge in [0.05, 0.1) is 46.1 Å². The van der Waals surface area contributed by atoms with Crippen LogP contribution in [-0.2, 0) is 14.3 Å². The van der Waals surface area contributed by atoms with Gasteiger partial charge in [0.2, 0.25) is 12.5 Å². The van der Waals surface area contributed by atoms with Crippen LogP contribution in [0, 0.1) is 11.8 Å². The van der Waals surface area contributed by atoms with E-state index in [0.717, 1.165) is 11.1 Å². The molecule has 0 amide bonds. The largest absolute Gasteiger partial charge is 0.502 e. The van der Waals surface area contributed by atoms with Crippen LogP contribution in [0.1, 0.15) is 28.7 Å². The number of cyclic esters (lactones) is 1. The molecule has 34 heavy (non-hydrogen) atoms. The Morgan fingerprint density at radius 3 is 2.29 bits per heavy atom. The fourth-order valence-electron chi connectivity index (χ4n) is 5.09. The smallest absolute Gasteiger partial charge is 0.310 e. The molecule has 5 atom stereocenters. The molecule has 1 unspecified atom stereocenters. The molecular formula is C24H26O10. The Morgan fingerprint density at radius 1 is 1.03 bits per heavy atom. The molecule has 0 aromatic heterocycles. The van der Waals surface area contributed by atoms with Gasteiger partial charge in [0.25, 0.3) is 0 Å². The van der Waals surface area contributed by atoms with E-state index in [-0.39, 0.29) is 49.1 Å². The predicted octanol–water partition coefficient (Wildman–Crippen LogP) is 1.48. The van der Waals surface area contributed by atoms with Crippen molar-refractivity contribution in [3.05, 3.63) is 41.0 Å². The summed E-state index contributed by atoms with van der Waals surface area (Å²) in [6, 6.07) is 7.01. The lowest BCUT2D eigenvalue weighted by molar-refractivity contribution is -0.141. The number of hydrogen-bond donors (Lipinski definition) is 3. The number of carbonyl (C=O) groups is 1. The van der Waals surface area contributed by atoms with E-state index in [1.54, 1.807) is 12.1 Å². The van der Waals surface area contributed by atoms with Gasteiger partial charge in [-0.15, -0.1) is 0 Å². The van der Waals surface area contributed by atoms with E-state index in [1.165, 1.54) is 14.2 Å². The molecule has 3 aliphatic rings. The van der Waals surface area contributed by atoms with Crippen LogP contribution in [0.25, 0.3) is 0 Å². The van der Waals surface area contributed by atoms with E-state index in [0.29, 0.717) is 17.1 Å². The van der Waals surface area contributed by atoms with Crippen molar-refractivity contribution in [2.75, 3.05) is 40.8 Å². The molecule has 1 aliphatic carbocycles. The van der Waals surface area contributed by atoms with Gasteiger partial charge in [-0.25, -0.2) is 0 Å². The predicted molar refractivity (Wildman–Crippen MR) is 115 cm³/mol. The average Bonchev–Trinajstić information content (AvgIpc) is 3.47. The normalized spacial score (nSPS) is 25.4. The maximum Gasteiger partial charge on any atom is 0.310 e. The molecule has 5 rings (SSSR count). The second-order valence-electron chi connectivity index (χ2n) is 8.50. The summed E-state index contributed by atoms with van der Waals surface area (Å²) in [6.45, 7) is -0.342. The second-order valence-corrected chi connectivity index (χ2v) is 8.50. The number of aliphatic hydroxyl groups excluding tert-OH is 2. The quantitative estimate of drug-likeness (QED) is 0.507. The molecular weight excluding hydrogens is 448 g/mol. The summed E-state index contributed by atoms with van der Waals surface area (Å²) in [6.07, 6.45) is -1.64. The van der Waals surface area contributed by atoms with Crippen molar-refractivity contribution < 1.29 is 48.5 Å². The zero-order valence-electron chi connectivity index (χ0n) is 18.7. The number of ether oxygens (including phenoxy) is 6. The second kappa shape index (κ2) is 8.86. The minimum absolute atomic E-state index is 0.0768. The van der Waals surface area contributed by atoms with Crippen molar-refractivity contribution in [1.29, 1.82) is 0 Å². The highest BCUT2D eigenvalue weighted by Crippen LogP contribution is 2.56. The van der Waals surface area contributed by atoms with E-state index in [2.05, 4.69) is 0 Å². The van der Waals surface area contributed by atoms with Gasteiger partial charge < -0.3 is 43.7 Å². The molecule has 2 heterocycles. The number of carbonyl (C=O) groups excluding carboxylic acids is 1. The highest BCUT2D eigenvalue weighted by Gasteiger charge is 2.53. The first kappa shape index (κ1) is 22.6. The molecule has 0 spiro atoms. The van der Waals surface area contributed by atoms with Gasteiger partial charge in [0.15, 0.2) is 23.0 Å². The Kier molecular flexibility index (Phi) is 5.88. The van der Waals surface area contributed by atoms with Crippen LogP contribution >= 0.6 is 0 Å². The summed E-state index contributed by atoms with van der Waals surface area (Å²) in [5.41, 5.74) is 2.22. The van der Waals surface area contributed by atoms with E-state index in [9.17, 15) is 20.1 Å². The van der Waals surface area contributed by atoms with Crippen molar-refractivity contribution in [2.24, 2.45) is 11.8 Å². The van der Waals surface area contributed by atoms with Gasteiger partial charge in [-0.1, -0.05) is 0 Å². The van der Waals surface area contributed by atoms with Crippen LogP contribution in [0.3, 0.4) is 0 Å². The summed E-state index contributed by atoms with van der Waals surface area (Å²) in [5, 5.41) is 29.5. The minimum Gasteiger partial charge on any atom is -0.502 e. The van der Waals surface area contributed by atoms with Gasteiger partial charge in [-0.05, 0) is 41.0 Å². The number of hydrogen-bond acceptors (Lipinski definition) is 10. The third kappa shape index (κ3) is 3.58. The third-order valence-electron chi connectivity index (χ3n) is 6.66. The van der Waals surface area contributed by atoms with Crippen molar-refractivity contribution in [2.45, 2.75) is 18.1 Å². The number of phenolic OH excluding ortho intramolecular Hbond substituents is 1. The van der Waals surface area contributed by atoms with Gasteiger partial charge >= 0.3 is 5.97 Å². The molecule has 2 aromatic carbocycles. The molecule has 1 fully saturated rings. The molecule has 2 aromatic rings. The highest BCUT2D eigenvalue weighted by molar-refractivity contribution is 5.79. The number of fused-ring (bicyclic) bond motifs is 3. The van der Waals surface area contributed by atoms with Crippen molar-refractivity contribution in [1.82, 2.24) is 0 Å². The monoisotopic (exact) mass is 474 g/mol. The maximum absolute atomic E-state index is 13.0. The van der Waals surface area contributed by atoms with Crippen LogP contribution in [-0.4, -0.2) is 68.2 Å². The van der Waals surface area contributed by atoms with Crippen molar-refractivity contribution in [3.8, 4) is 28.7 Å². The summed E-state index contributed by atoms with van der Waals surface area (Å²) < 4.78 is 33.4. The first-order chi connectivity index (χ1) is 16.5. The Balaban J connectivity index is 1.69. The van der Waals surface area contributed by atoms with E-state index in [1.807, 2.05) is 12.1 Å². The summed E-state index contributed by atoms with van der Waals surface area (Å²) >= 11 is 0. The molecule has 0 saturated carbocycles. The lowest BCUT2D eigenvalue weighted by atomic mass is 9.66. The summed E-state index contributed by atoms with van der Waals surface area (Å²) in [4.78, 5) is 13.0. The molecule has 0 bridgehead atoms. The number of benzene rings is 2. The summed E-state index contributed by atoms with van der Waals surface area (Å²) in [5.74, 6) is -0.437. The molecule has 1 saturated heterocycles. The van der Waals surface area contributed by atoms with Crippen molar-refractivity contribution in [3.63, 3.8) is 0 Å². The Morgan fingerprint density at radius 2 is 1.68 bits per heavy atom. The fraction of sp³-hybridized carbons (Fsp3) is 0.458. The Bertz CT molecular complexity index is 1070. The van der Waals surface area contributed by atoms with Gasteiger partial charge in [0, 0.05) is 11.8 Å². The molecule has 2 aliphatic heterocycles. The lowest BCUT2D eigenvalue weighted by Crippen LogP contribution is -2.37. The Labute approximate surface area is 195 Å². The molecule has 10 nitrogen and oxygen atoms in total. The molecule has 182 valence electrons. The van der Waals surface area contributed by atoms with Gasteiger partial charge in [0.1, 0.15) is 6.10 Å². The van der Waals surface area contributed by atoms with E-state index >= 15 is 0 Å². The van der Waals surface area contributed by atoms with Crippen LogP contribution in [0.5, 0.6) is 28.7 Å². The van der Waals surface area contributed by atoms with E-state index < -0.39 is 30.7 Å². The van der Waals surface area contributed by atoms with Crippen LogP contribution < -0.4 is 18.9 Å². The minimum atomic E-state index is -1.06. The van der Waals surface area contributed by atoms with Crippen molar-refractivity contribution >= 4 is 5.97 Å². The Hall–Kier alpha value is -3.21. The van der Waals surface area contributed by atoms with Gasteiger partial charge in [-0.2, -0.15) is 0 Å². The third-order valence-corrected chi connectivity index (χ3v) is 6.66. The summed E-state index contributed by atoms with van der Waals surface area (Å²) in [7, 11) is 2.88. The lowest BCUT2D eigenvalue weighted by Gasteiger charge is -2.39. The maximum atomic E-state index is 13.0. The van der Waals surface area contributed by atoms with Crippen LogP contribution in [0.2, 0.25) is 0 Å². The number of aromatic hydroxyl groups is 1. The number of esters is 1. The SMILES string of the molecule is COc1cc([C@@H]2c3cc4c(cc3[C@@H](OCC(O)CO)[C@H]3COC(=O)[C@H]23)OCO4)cc(OC)c1O. The number of phenols is 1. The molecule has 3 N–H and O–H groups in total. The van der Waals surface area contributed by atoms with Crippen LogP contribution in [0.15, 0.2) is 24.3 Å². The van der Waals surface area contributed by atoms with E-state index in [4.69, 9.17) is 28.4 Å². The van der Waals surface area contributed by atoms with Gasteiger partial charge in [-0.3, -0.25) is 4.79 Å². The zero-order valence-corrected chi connectivity index (χ0v) is 18.7. The number of aliphatic hydroxyl groups is 2. The zero-order chi connectivity index (χ0) is 24.0. The topological polar surface area (TPSA) is 133 Å². The molecule has 0 radical (unpaired) electrons. The standard InChI is InChI=1S/C24H26O10/c1-29-18-3-11(4-19(30-2)22(18)27)20-13-5-16-17(34-10-33-16)6-14(13)23(31-8-12(26)7-25)15-9-32-24(28)21(15)20/h3-6,12,15,20-21,23,25-27H,7-10H2,1-2H3/t12?,15-,20+,21-,23+/m0/s1. The number of methoxy groups -OCH3 is 2. The first-order valence-electron chi connectivity index (χ1n) is 10.9. The highest BCUT2D eigenvalue weighted by atomic mass is 16.7. The fourth-order valence-corrected chi connectivity index (χ4v) is 5.09. The number of rotatable bonds is 7. The average molecular weight is 474 g/mol. The molecule has 10 heteroatoms. The first-order valence-corrected chi connectivity index (χ1v) is 10.9. The van der Waals surface area contributed by atoms with Crippen LogP contribution in [0.4, 0.5) is 0 Å².